The zero-order valence-electron chi connectivity index (χ0n) is 8.32. The zero-order valence-corrected chi connectivity index (χ0v) is 9.14. The van der Waals surface area contributed by atoms with E-state index in [0.29, 0.717) is 6.10 Å². The van der Waals surface area contributed by atoms with Gasteiger partial charge in [-0.1, -0.05) is 18.2 Å². The molecular weight excluding hydrogens is 198 g/mol. The Labute approximate surface area is 91.1 Å². The van der Waals surface area contributed by atoms with Crippen molar-refractivity contribution in [3.8, 4) is 5.75 Å². The summed E-state index contributed by atoms with van der Waals surface area (Å²) in [6, 6.07) is 8.29. The van der Waals surface area contributed by atoms with Gasteiger partial charge >= 0.3 is 0 Å². The van der Waals surface area contributed by atoms with Crippen LogP contribution in [0.5, 0.6) is 5.75 Å². The van der Waals surface area contributed by atoms with Crippen LogP contribution >= 0.6 is 12.4 Å². The molecule has 0 amide bonds. The lowest BCUT2D eigenvalue weighted by Crippen LogP contribution is -2.32. The standard InChI is InChI=1S/C11H15NO.ClH/c1-12-8-10-7-6-9-4-2-3-5-11(9)13-10;/h2-5,10,12H,6-8H2,1H3;1H. The maximum Gasteiger partial charge on any atom is 0.122 e. The Hall–Kier alpha value is -0.730. The van der Waals surface area contributed by atoms with Crippen molar-refractivity contribution in [3.05, 3.63) is 29.8 Å². The summed E-state index contributed by atoms with van der Waals surface area (Å²) in [5, 5.41) is 3.14. The molecule has 2 rings (SSSR count). The summed E-state index contributed by atoms with van der Waals surface area (Å²) in [4.78, 5) is 0. The molecule has 0 spiro atoms. The monoisotopic (exact) mass is 213 g/mol. The molecule has 0 saturated carbocycles. The van der Waals surface area contributed by atoms with Gasteiger partial charge in [0.1, 0.15) is 11.9 Å². The van der Waals surface area contributed by atoms with Gasteiger partial charge in [-0.15, -0.1) is 12.4 Å². The highest BCUT2D eigenvalue weighted by Gasteiger charge is 2.17. The van der Waals surface area contributed by atoms with E-state index in [2.05, 4.69) is 23.5 Å². The first-order chi connectivity index (χ1) is 6.40. The topological polar surface area (TPSA) is 21.3 Å². The highest BCUT2D eigenvalue weighted by molar-refractivity contribution is 5.85. The van der Waals surface area contributed by atoms with E-state index in [1.165, 1.54) is 5.56 Å². The summed E-state index contributed by atoms with van der Waals surface area (Å²) in [6.45, 7) is 0.939. The van der Waals surface area contributed by atoms with Crippen molar-refractivity contribution in [2.75, 3.05) is 13.6 Å². The van der Waals surface area contributed by atoms with Crippen LogP contribution in [0, 0.1) is 0 Å². The van der Waals surface area contributed by atoms with Crippen LogP contribution in [0.4, 0.5) is 0 Å². The minimum Gasteiger partial charge on any atom is -0.489 e. The average Bonchev–Trinajstić information content (AvgIpc) is 2.18. The minimum atomic E-state index is 0. The van der Waals surface area contributed by atoms with E-state index in [-0.39, 0.29) is 12.4 Å². The van der Waals surface area contributed by atoms with Crippen molar-refractivity contribution < 1.29 is 4.74 Å². The van der Waals surface area contributed by atoms with Crippen molar-refractivity contribution in [2.24, 2.45) is 0 Å². The number of ether oxygens (including phenoxy) is 1. The Morgan fingerprint density at radius 3 is 3.00 bits per heavy atom. The summed E-state index contributed by atoms with van der Waals surface area (Å²) in [7, 11) is 1.96. The Kier molecular flexibility index (Phi) is 4.23. The quantitative estimate of drug-likeness (QED) is 0.812. The summed E-state index contributed by atoms with van der Waals surface area (Å²) >= 11 is 0. The SMILES string of the molecule is CNCC1CCc2ccccc2O1.Cl. The summed E-state index contributed by atoms with van der Waals surface area (Å²) in [6.07, 6.45) is 2.61. The van der Waals surface area contributed by atoms with Gasteiger partial charge in [-0.3, -0.25) is 0 Å². The molecule has 1 aliphatic heterocycles. The molecule has 2 nitrogen and oxygen atoms in total. The molecule has 1 atom stereocenters. The lowest BCUT2D eigenvalue weighted by molar-refractivity contribution is 0.173. The van der Waals surface area contributed by atoms with Crippen LogP contribution in [0.15, 0.2) is 24.3 Å². The van der Waals surface area contributed by atoms with Gasteiger partial charge in [0.2, 0.25) is 0 Å². The number of para-hydroxylation sites is 1. The number of likely N-dealkylation sites (N-methyl/N-ethyl adjacent to an activating group) is 1. The van der Waals surface area contributed by atoms with Crippen LogP contribution in [-0.2, 0) is 6.42 Å². The second-order valence-electron chi connectivity index (χ2n) is 3.44. The number of hydrogen-bond donors (Lipinski definition) is 1. The van der Waals surface area contributed by atoms with Crippen LogP contribution in [0.1, 0.15) is 12.0 Å². The van der Waals surface area contributed by atoms with Crippen molar-refractivity contribution in [1.29, 1.82) is 0 Å². The Morgan fingerprint density at radius 2 is 2.21 bits per heavy atom. The number of nitrogens with one attached hydrogen (secondary N) is 1. The fourth-order valence-electron chi connectivity index (χ4n) is 1.75. The number of halogens is 1. The number of hydrogen-bond acceptors (Lipinski definition) is 2. The van der Waals surface area contributed by atoms with E-state index in [9.17, 15) is 0 Å². The smallest absolute Gasteiger partial charge is 0.122 e. The van der Waals surface area contributed by atoms with E-state index < -0.39 is 0 Å². The average molecular weight is 214 g/mol. The zero-order chi connectivity index (χ0) is 9.10. The lowest BCUT2D eigenvalue weighted by Gasteiger charge is -2.25. The van der Waals surface area contributed by atoms with Crippen LogP contribution in [0.3, 0.4) is 0 Å². The third-order valence-electron chi connectivity index (χ3n) is 2.43. The van der Waals surface area contributed by atoms with Crippen molar-refractivity contribution in [1.82, 2.24) is 5.32 Å². The molecule has 78 valence electrons. The second-order valence-corrected chi connectivity index (χ2v) is 3.44. The highest BCUT2D eigenvalue weighted by atomic mass is 35.5. The molecule has 1 heterocycles. The van der Waals surface area contributed by atoms with Gasteiger partial charge in [0, 0.05) is 6.54 Å². The first-order valence-corrected chi connectivity index (χ1v) is 4.79. The largest absolute Gasteiger partial charge is 0.489 e. The molecule has 1 aromatic carbocycles. The summed E-state index contributed by atoms with van der Waals surface area (Å²) in [5.41, 5.74) is 1.34. The molecule has 1 aromatic rings. The fraction of sp³-hybridized carbons (Fsp3) is 0.455. The number of fused-ring (bicyclic) bond motifs is 1. The number of aryl methyl sites for hydroxylation is 1. The molecule has 1 aliphatic rings. The number of rotatable bonds is 2. The van der Waals surface area contributed by atoms with E-state index in [4.69, 9.17) is 4.74 Å². The first-order valence-electron chi connectivity index (χ1n) is 4.79. The van der Waals surface area contributed by atoms with Crippen LogP contribution in [0.2, 0.25) is 0 Å². The van der Waals surface area contributed by atoms with E-state index in [0.717, 1.165) is 25.1 Å². The van der Waals surface area contributed by atoms with Gasteiger partial charge < -0.3 is 10.1 Å². The molecular formula is C11H16ClNO. The van der Waals surface area contributed by atoms with Gasteiger partial charge in [0.05, 0.1) is 0 Å². The van der Waals surface area contributed by atoms with Gasteiger partial charge in [0.15, 0.2) is 0 Å². The molecule has 0 bridgehead atoms. The molecule has 1 N–H and O–H groups in total. The predicted molar refractivity (Wildman–Crippen MR) is 60.4 cm³/mol. The highest BCUT2D eigenvalue weighted by Crippen LogP contribution is 2.26. The summed E-state index contributed by atoms with van der Waals surface area (Å²) < 4.78 is 5.81. The van der Waals surface area contributed by atoms with Crippen LogP contribution in [0.25, 0.3) is 0 Å². The Balaban J connectivity index is 0.000000980. The van der Waals surface area contributed by atoms with E-state index in [1.807, 2.05) is 13.1 Å². The van der Waals surface area contributed by atoms with Crippen molar-refractivity contribution in [3.63, 3.8) is 0 Å². The molecule has 1 unspecified atom stereocenters. The maximum atomic E-state index is 5.81. The van der Waals surface area contributed by atoms with Crippen LogP contribution in [-0.4, -0.2) is 19.7 Å². The van der Waals surface area contributed by atoms with Crippen molar-refractivity contribution in [2.45, 2.75) is 18.9 Å². The van der Waals surface area contributed by atoms with Gasteiger partial charge in [0.25, 0.3) is 0 Å². The predicted octanol–water partition coefficient (Wildman–Crippen LogP) is 2.02. The van der Waals surface area contributed by atoms with Gasteiger partial charge in [-0.25, -0.2) is 0 Å². The molecule has 0 fully saturated rings. The molecule has 0 aliphatic carbocycles. The van der Waals surface area contributed by atoms with Crippen LogP contribution < -0.4 is 10.1 Å². The second kappa shape index (κ2) is 5.23. The molecule has 0 saturated heterocycles. The molecule has 0 aromatic heterocycles. The molecule has 0 radical (unpaired) electrons. The maximum absolute atomic E-state index is 5.81. The Morgan fingerprint density at radius 1 is 1.43 bits per heavy atom. The molecule has 3 heteroatoms. The van der Waals surface area contributed by atoms with Gasteiger partial charge in [-0.2, -0.15) is 0 Å². The van der Waals surface area contributed by atoms with Gasteiger partial charge in [-0.05, 0) is 31.5 Å². The molecule has 14 heavy (non-hydrogen) atoms. The van der Waals surface area contributed by atoms with Crippen molar-refractivity contribution >= 4 is 12.4 Å². The third-order valence-corrected chi connectivity index (χ3v) is 2.43. The normalized spacial score (nSPS) is 19.1. The number of benzene rings is 1. The Bertz CT molecular complexity index is 290. The van der Waals surface area contributed by atoms with E-state index >= 15 is 0 Å². The lowest BCUT2D eigenvalue weighted by atomic mass is 10.0. The first kappa shape index (κ1) is 11.3. The summed E-state index contributed by atoms with van der Waals surface area (Å²) in [5.74, 6) is 1.06. The van der Waals surface area contributed by atoms with E-state index in [1.54, 1.807) is 0 Å². The third kappa shape index (κ3) is 2.40. The minimum absolute atomic E-state index is 0. The fourth-order valence-corrected chi connectivity index (χ4v) is 1.75.